The van der Waals surface area contributed by atoms with Gasteiger partial charge < -0.3 is 10.0 Å². The number of anilines is 1. The van der Waals surface area contributed by atoms with Gasteiger partial charge in [0, 0.05) is 42.9 Å². The van der Waals surface area contributed by atoms with E-state index in [-0.39, 0.29) is 22.4 Å². The lowest BCUT2D eigenvalue weighted by Gasteiger charge is -2.31. The van der Waals surface area contributed by atoms with E-state index in [2.05, 4.69) is 20.2 Å². The number of benzene rings is 1. The maximum absolute atomic E-state index is 14.8. The minimum Gasteiger partial charge on any atom is -0.507 e. The number of aryl methyl sites for hydroxylation is 1. The van der Waals surface area contributed by atoms with Crippen LogP contribution in [0.4, 0.5) is 10.2 Å². The molecule has 0 bridgehead atoms. The largest absolute Gasteiger partial charge is 0.507 e. The van der Waals surface area contributed by atoms with E-state index < -0.39 is 5.82 Å². The molecule has 0 radical (unpaired) electrons. The molecule has 7 nitrogen and oxygen atoms in total. The molecular formula is C22H24FN5O2. The van der Waals surface area contributed by atoms with E-state index in [0.717, 1.165) is 23.3 Å². The monoisotopic (exact) mass is 409 g/mol. The first kappa shape index (κ1) is 20.0. The molecule has 1 aliphatic rings. The van der Waals surface area contributed by atoms with Crippen molar-refractivity contribution in [3.05, 3.63) is 52.7 Å². The van der Waals surface area contributed by atoms with Gasteiger partial charge in [-0.3, -0.25) is 4.79 Å². The zero-order valence-electron chi connectivity index (χ0n) is 17.0. The fourth-order valence-electron chi connectivity index (χ4n) is 3.92. The van der Waals surface area contributed by atoms with Crippen molar-refractivity contribution >= 4 is 5.82 Å². The molecule has 30 heavy (non-hydrogen) atoms. The van der Waals surface area contributed by atoms with Gasteiger partial charge in [0.25, 0.3) is 5.56 Å². The second kappa shape index (κ2) is 8.22. The lowest BCUT2D eigenvalue weighted by atomic mass is 9.94. The number of halogens is 1. The Labute approximate surface area is 173 Å². The number of rotatable bonds is 4. The molecule has 0 amide bonds. The van der Waals surface area contributed by atoms with Crippen molar-refractivity contribution in [2.24, 2.45) is 7.05 Å². The van der Waals surface area contributed by atoms with Gasteiger partial charge in [0.05, 0.1) is 11.9 Å². The number of nitrogens with zero attached hydrogens (tertiary/aromatic N) is 5. The second-order valence-electron chi connectivity index (χ2n) is 7.73. The van der Waals surface area contributed by atoms with E-state index in [4.69, 9.17) is 0 Å². The fraction of sp³-hybridized carbons (Fsp3) is 0.364. The van der Waals surface area contributed by atoms with Crippen LogP contribution in [0.2, 0.25) is 0 Å². The van der Waals surface area contributed by atoms with Crippen molar-refractivity contribution in [3.8, 4) is 28.1 Å². The minimum absolute atomic E-state index is 0.100. The molecule has 156 valence electrons. The van der Waals surface area contributed by atoms with Crippen molar-refractivity contribution in [2.75, 3.05) is 11.9 Å². The van der Waals surface area contributed by atoms with Gasteiger partial charge >= 0.3 is 0 Å². The van der Waals surface area contributed by atoms with Crippen molar-refractivity contribution in [2.45, 2.75) is 38.1 Å². The van der Waals surface area contributed by atoms with Gasteiger partial charge in [0.1, 0.15) is 11.6 Å². The molecule has 2 aromatic heterocycles. The first-order chi connectivity index (χ1) is 14.4. The Balaban J connectivity index is 1.61. The van der Waals surface area contributed by atoms with Crippen LogP contribution in [-0.2, 0) is 7.05 Å². The molecule has 1 saturated carbocycles. The van der Waals surface area contributed by atoms with Crippen LogP contribution < -0.4 is 10.5 Å². The average Bonchev–Trinajstić information content (AvgIpc) is 2.77. The Hall–Kier alpha value is -3.29. The van der Waals surface area contributed by atoms with Gasteiger partial charge in [-0.15, -0.1) is 10.2 Å². The summed E-state index contributed by atoms with van der Waals surface area (Å²) in [7, 11) is 3.53. The maximum Gasteiger partial charge on any atom is 0.267 e. The van der Waals surface area contributed by atoms with E-state index in [9.17, 15) is 14.3 Å². The number of hydrogen-bond acceptors (Lipinski definition) is 6. The molecule has 1 N–H and O–H groups in total. The summed E-state index contributed by atoms with van der Waals surface area (Å²) in [6.07, 6.45) is 7.40. The fourth-order valence-corrected chi connectivity index (χ4v) is 3.92. The van der Waals surface area contributed by atoms with Crippen molar-refractivity contribution in [3.63, 3.8) is 0 Å². The standard InChI is InChI=1S/C22H24FN5O2/c1-27(15-6-4-3-5-7-15)21-9-8-19(25-26-21)17-11-18(23)16(12-20(17)29)14-10-22(30)28(2)24-13-14/h8-13,15,29H,3-7H2,1-2H3. The van der Waals surface area contributed by atoms with Crippen LogP contribution in [0.3, 0.4) is 0 Å². The molecule has 2 heterocycles. The second-order valence-corrected chi connectivity index (χ2v) is 7.73. The Morgan fingerprint density at radius 2 is 1.87 bits per heavy atom. The molecule has 0 spiro atoms. The SMILES string of the molecule is CN(c1ccc(-c2cc(F)c(-c3cnn(C)c(=O)c3)cc2O)nn1)C1CCCCC1. The number of aromatic hydroxyl groups is 1. The van der Waals surface area contributed by atoms with Crippen LogP contribution in [-0.4, -0.2) is 38.2 Å². The van der Waals surface area contributed by atoms with Gasteiger partial charge in [0.15, 0.2) is 5.82 Å². The molecule has 1 aromatic carbocycles. The summed E-state index contributed by atoms with van der Waals surface area (Å²) in [5.41, 5.74) is 0.656. The third kappa shape index (κ3) is 3.90. The normalized spacial score (nSPS) is 14.6. The highest BCUT2D eigenvalue weighted by atomic mass is 19.1. The molecule has 0 atom stereocenters. The van der Waals surface area contributed by atoms with Crippen LogP contribution in [0.15, 0.2) is 41.3 Å². The maximum atomic E-state index is 14.8. The highest BCUT2D eigenvalue weighted by molar-refractivity contribution is 5.74. The number of aromatic nitrogens is 4. The highest BCUT2D eigenvalue weighted by Crippen LogP contribution is 2.34. The van der Waals surface area contributed by atoms with E-state index in [1.54, 1.807) is 6.07 Å². The van der Waals surface area contributed by atoms with Crippen LogP contribution in [0.1, 0.15) is 32.1 Å². The Morgan fingerprint density at radius 3 is 2.53 bits per heavy atom. The summed E-state index contributed by atoms with van der Waals surface area (Å²) in [4.78, 5) is 13.9. The number of hydrogen-bond donors (Lipinski definition) is 1. The summed E-state index contributed by atoms with van der Waals surface area (Å²) in [5, 5.41) is 22.9. The Bertz CT molecular complexity index is 1110. The molecule has 1 aliphatic carbocycles. The number of phenols is 1. The predicted octanol–water partition coefficient (Wildman–Crippen LogP) is 3.52. The Morgan fingerprint density at radius 1 is 1.10 bits per heavy atom. The molecule has 8 heteroatoms. The molecule has 0 aliphatic heterocycles. The van der Waals surface area contributed by atoms with Crippen molar-refractivity contribution in [1.29, 1.82) is 0 Å². The van der Waals surface area contributed by atoms with E-state index in [0.29, 0.717) is 17.3 Å². The molecule has 1 fully saturated rings. The predicted molar refractivity (Wildman–Crippen MR) is 113 cm³/mol. The highest BCUT2D eigenvalue weighted by Gasteiger charge is 2.20. The third-order valence-corrected chi connectivity index (χ3v) is 5.77. The van der Waals surface area contributed by atoms with Crippen molar-refractivity contribution in [1.82, 2.24) is 20.0 Å². The topological polar surface area (TPSA) is 84.1 Å². The summed E-state index contributed by atoms with van der Waals surface area (Å²) >= 11 is 0. The van der Waals surface area contributed by atoms with Gasteiger partial charge in [-0.25, -0.2) is 9.07 Å². The summed E-state index contributed by atoms with van der Waals surface area (Å²) in [6.45, 7) is 0. The smallest absolute Gasteiger partial charge is 0.267 e. The molecular weight excluding hydrogens is 385 g/mol. The van der Waals surface area contributed by atoms with E-state index >= 15 is 0 Å². The first-order valence-corrected chi connectivity index (χ1v) is 10.1. The number of phenolic OH excluding ortho intramolecular Hbond substituents is 1. The zero-order valence-corrected chi connectivity index (χ0v) is 17.0. The van der Waals surface area contributed by atoms with Crippen LogP contribution in [0.5, 0.6) is 5.75 Å². The van der Waals surface area contributed by atoms with Crippen LogP contribution in [0.25, 0.3) is 22.4 Å². The average molecular weight is 409 g/mol. The van der Waals surface area contributed by atoms with Crippen LogP contribution in [0, 0.1) is 5.82 Å². The molecule has 0 saturated heterocycles. The molecule has 3 aromatic rings. The van der Waals surface area contributed by atoms with E-state index in [1.165, 1.54) is 50.7 Å². The summed E-state index contributed by atoms with van der Waals surface area (Å²) in [5.74, 6) is 0.0336. The van der Waals surface area contributed by atoms with Crippen LogP contribution >= 0.6 is 0 Å². The first-order valence-electron chi connectivity index (χ1n) is 10.1. The summed E-state index contributed by atoms with van der Waals surface area (Å²) < 4.78 is 15.9. The van der Waals surface area contributed by atoms with E-state index in [1.807, 2.05) is 13.1 Å². The third-order valence-electron chi connectivity index (χ3n) is 5.77. The molecule has 0 unspecified atom stereocenters. The lowest BCUT2D eigenvalue weighted by Crippen LogP contribution is -2.34. The lowest BCUT2D eigenvalue weighted by molar-refractivity contribution is 0.425. The van der Waals surface area contributed by atoms with Gasteiger partial charge in [-0.2, -0.15) is 5.10 Å². The zero-order chi connectivity index (χ0) is 21.3. The molecule has 4 rings (SSSR count). The van der Waals surface area contributed by atoms with Gasteiger partial charge in [-0.05, 0) is 37.1 Å². The summed E-state index contributed by atoms with van der Waals surface area (Å²) in [6, 6.07) is 7.79. The quantitative estimate of drug-likeness (QED) is 0.710. The Kier molecular flexibility index (Phi) is 5.48. The minimum atomic E-state index is -0.581. The van der Waals surface area contributed by atoms with Crippen molar-refractivity contribution < 1.29 is 9.50 Å². The van der Waals surface area contributed by atoms with Gasteiger partial charge in [-0.1, -0.05) is 19.3 Å². The van der Waals surface area contributed by atoms with Gasteiger partial charge in [0.2, 0.25) is 0 Å².